The van der Waals surface area contributed by atoms with Gasteiger partial charge in [0.15, 0.2) is 5.17 Å². The summed E-state index contributed by atoms with van der Waals surface area (Å²) in [6, 6.07) is 0. The highest BCUT2D eigenvalue weighted by Gasteiger charge is 2.28. The molecule has 19 heavy (non-hydrogen) atoms. The van der Waals surface area contributed by atoms with Crippen molar-refractivity contribution in [3.63, 3.8) is 0 Å². The zero-order valence-corrected chi connectivity index (χ0v) is 14.0. The monoisotopic (exact) mass is 307 g/mol. The molecule has 1 aliphatic rings. The van der Waals surface area contributed by atoms with Crippen LogP contribution in [0.15, 0.2) is 4.99 Å². The lowest BCUT2D eigenvalue weighted by atomic mass is 9.96. The van der Waals surface area contributed by atoms with Crippen molar-refractivity contribution in [3.8, 4) is 0 Å². The van der Waals surface area contributed by atoms with Crippen molar-refractivity contribution in [1.82, 2.24) is 10.0 Å². The van der Waals surface area contributed by atoms with E-state index >= 15 is 0 Å². The first-order chi connectivity index (χ1) is 8.55. The third kappa shape index (κ3) is 6.14. The Hall–Kier alpha value is -0.270. The number of hydrogen-bond acceptors (Lipinski definition) is 4. The smallest absolute Gasteiger partial charge is 0.209 e. The number of nitrogens with one attached hydrogen (secondary N) is 2. The number of sulfonamides is 1. The summed E-state index contributed by atoms with van der Waals surface area (Å²) in [5.41, 5.74) is -0.457. The molecule has 112 valence electrons. The van der Waals surface area contributed by atoms with E-state index in [1.54, 1.807) is 11.8 Å². The van der Waals surface area contributed by atoms with Crippen LogP contribution >= 0.6 is 11.8 Å². The second-order valence-electron chi connectivity index (χ2n) is 6.02. The van der Waals surface area contributed by atoms with Gasteiger partial charge in [0.2, 0.25) is 10.0 Å². The SMILES string of the molecule is CCC1(C)CCSC(=NCC(C)(C)NS(C)(=O)=O)N1. The van der Waals surface area contributed by atoms with Crippen LogP contribution in [0.2, 0.25) is 0 Å². The molecule has 1 heterocycles. The van der Waals surface area contributed by atoms with E-state index in [9.17, 15) is 8.42 Å². The lowest BCUT2D eigenvalue weighted by molar-refractivity contribution is 0.388. The predicted molar refractivity (Wildman–Crippen MR) is 83.3 cm³/mol. The lowest BCUT2D eigenvalue weighted by Gasteiger charge is -2.35. The van der Waals surface area contributed by atoms with E-state index in [4.69, 9.17) is 0 Å². The third-order valence-electron chi connectivity index (χ3n) is 3.16. The van der Waals surface area contributed by atoms with Crippen LogP contribution in [0.5, 0.6) is 0 Å². The number of nitrogens with zero attached hydrogens (tertiary/aromatic N) is 1. The first-order valence-corrected chi connectivity index (χ1v) is 9.37. The molecule has 7 heteroatoms. The number of amidine groups is 1. The Morgan fingerprint density at radius 1 is 1.53 bits per heavy atom. The van der Waals surface area contributed by atoms with Crippen LogP contribution < -0.4 is 10.0 Å². The molecule has 0 amide bonds. The molecular formula is C12H25N3O2S2. The quantitative estimate of drug-likeness (QED) is 0.809. The maximum Gasteiger partial charge on any atom is 0.209 e. The van der Waals surface area contributed by atoms with Crippen molar-refractivity contribution < 1.29 is 8.42 Å². The van der Waals surface area contributed by atoms with E-state index in [0.717, 1.165) is 23.8 Å². The normalized spacial score (nSPS) is 27.3. The molecule has 0 aliphatic carbocycles. The van der Waals surface area contributed by atoms with E-state index < -0.39 is 15.6 Å². The van der Waals surface area contributed by atoms with E-state index in [2.05, 4.69) is 28.9 Å². The van der Waals surface area contributed by atoms with Crippen LogP contribution in [0.4, 0.5) is 0 Å². The van der Waals surface area contributed by atoms with Crippen molar-refractivity contribution in [3.05, 3.63) is 0 Å². The standard InChI is InChI=1S/C12H25N3O2S2/c1-6-12(4)7-8-18-10(14-12)13-9-11(2,3)15-19(5,16)17/h15H,6-9H2,1-5H3,(H,13,14). The van der Waals surface area contributed by atoms with Gasteiger partial charge in [-0.3, -0.25) is 4.99 Å². The Bertz CT molecular complexity index is 446. The van der Waals surface area contributed by atoms with Gasteiger partial charge in [-0.1, -0.05) is 18.7 Å². The van der Waals surface area contributed by atoms with Crippen LogP contribution in [0.3, 0.4) is 0 Å². The summed E-state index contributed by atoms with van der Waals surface area (Å²) in [4.78, 5) is 4.52. The van der Waals surface area contributed by atoms with Crippen LogP contribution in [0.25, 0.3) is 0 Å². The number of hydrogen-bond donors (Lipinski definition) is 2. The molecule has 1 aliphatic heterocycles. The Morgan fingerprint density at radius 2 is 2.16 bits per heavy atom. The highest BCUT2D eigenvalue weighted by atomic mass is 32.2. The van der Waals surface area contributed by atoms with Crippen LogP contribution in [-0.4, -0.2) is 43.2 Å². The molecule has 0 bridgehead atoms. The Morgan fingerprint density at radius 3 is 2.68 bits per heavy atom. The third-order valence-corrected chi connectivity index (χ3v) is 5.00. The fraction of sp³-hybridized carbons (Fsp3) is 0.917. The average Bonchev–Trinajstić information content (AvgIpc) is 2.24. The molecule has 0 aromatic carbocycles. The maximum absolute atomic E-state index is 11.3. The minimum absolute atomic E-state index is 0.110. The predicted octanol–water partition coefficient (Wildman–Crippen LogP) is 1.57. The molecule has 2 N–H and O–H groups in total. The summed E-state index contributed by atoms with van der Waals surface area (Å²) in [5.74, 6) is 1.05. The largest absolute Gasteiger partial charge is 0.360 e. The molecule has 1 unspecified atom stereocenters. The zero-order valence-electron chi connectivity index (χ0n) is 12.4. The molecule has 1 fully saturated rings. The highest BCUT2D eigenvalue weighted by Crippen LogP contribution is 2.25. The van der Waals surface area contributed by atoms with Gasteiger partial charge < -0.3 is 5.32 Å². The summed E-state index contributed by atoms with van der Waals surface area (Å²) >= 11 is 1.70. The molecule has 0 radical (unpaired) electrons. The maximum atomic E-state index is 11.3. The molecule has 5 nitrogen and oxygen atoms in total. The van der Waals surface area contributed by atoms with Crippen molar-refractivity contribution >= 4 is 27.0 Å². The van der Waals surface area contributed by atoms with Crippen molar-refractivity contribution in [2.75, 3.05) is 18.6 Å². The highest BCUT2D eigenvalue weighted by molar-refractivity contribution is 8.13. The van der Waals surface area contributed by atoms with Gasteiger partial charge >= 0.3 is 0 Å². The Kier molecular flexibility index (Phi) is 5.31. The van der Waals surface area contributed by atoms with E-state index in [1.807, 2.05) is 13.8 Å². The molecule has 1 saturated heterocycles. The summed E-state index contributed by atoms with van der Waals surface area (Å²) in [5, 5.41) is 4.37. The van der Waals surface area contributed by atoms with Gasteiger partial charge in [-0.05, 0) is 33.6 Å². The second-order valence-corrected chi connectivity index (χ2v) is 8.85. The van der Waals surface area contributed by atoms with E-state index in [1.165, 1.54) is 6.26 Å². The first-order valence-electron chi connectivity index (χ1n) is 6.50. The van der Waals surface area contributed by atoms with Crippen LogP contribution in [0.1, 0.15) is 40.5 Å². The number of rotatable bonds is 5. The average molecular weight is 307 g/mol. The fourth-order valence-electron chi connectivity index (χ4n) is 1.88. The Balaban J connectivity index is 2.65. The second kappa shape index (κ2) is 6.01. The molecule has 1 atom stereocenters. The molecule has 0 saturated carbocycles. The van der Waals surface area contributed by atoms with Crippen LogP contribution in [0, 0.1) is 0 Å². The van der Waals surface area contributed by atoms with Gasteiger partial charge in [-0.2, -0.15) is 0 Å². The van der Waals surface area contributed by atoms with Gasteiger partial charge in [-0.25, -0.2) is 13.1 Å². The van der Waals surface area contributed by atoms with Gasteiger partial charge in [0, 0.05) is 16.8 Å². The first kappa shape index (κ1) is 16.8. The van der Waals surface area contributed by atoms with Crippen molar-refractivity contribution in [2.45, 2.75) is 51.6 Å². The van der Waals surface area contributed by atoms with Gasteiger partial charge in [0.1, 0.15) is 0 Å². The zero-order chi connectivity index (χ0) is 14.7. The summed E-state index contributed by atoms with van der Waals surface area (Å²) in [7, 11) is -3.21. The minimum Gasteiger partial charge on any atom is -0.360 e. The Labute approximate surface area is 121 Å². The summed E-state index contributed by atoms with van der Waals surface area (Å²) in [6.45, 7) is 8.46. The topological polar surface area (TPSA) is 70.6 Å². The van der Waals surface area contributed by atoms with Gasteiger partial charge in [0.25, 0.3) is 0 Å². The molecule has 0 aromatic heterocycles. The fourth-order valence-corrected chi connectivity index (χ4v) is 4.17. The molecule has 0 spiro atoms. The van der Waals surface area contributed by atoms with Gasteiger partial charge in [0.05, 0.1) is 12.8 Å². The summed E-state index contributed by atoms with van der Waals surface area (Å²) in [6.07, 6.45) is 3.35. The minimum atomic E-state index is -3.21. The number of thioether (sulfide) groups is 1. The van der Waals surface area contributed by atoms with E-state index in [-0.39, 0.29) is 5.54 Å². The molecule has 0 aromatic rings. The van der Waals surface area contributed by atoms with Crippen molar-refractivity contribution in [1.29, 1.82) is 0 Å². The lowest BCUT2D eigenvalue weighted by Crippen LogP contribution is -2.49. The molecule has 1 rings (SSSR count). The van der Waals surface area contributed by atoms with E-state index in [0.29, 0.717) is 6.54 Å². The van der Waals surface area contributed by atoms with Gasteiger partial charge in [-0.15, -0.1) is 0 Å². The van der Waals surface area contributed by atoms with Crippen LogP contribution in [-0.2, 0) is 10.0 Å². The molecular weight excluding hydrogens is 282 g/mol. The van der Waals surface area contributed by atoms with Crippen molar-refractivity contribution in [2.24, 2.45) is 4.99 Å². The number of aliphatic imine (C=N–C) groups is 1. The summed E-state index contributed by atoms with van der Waals surface area (Å²) < 4.78 is 25.1.